The molecule has 0 aliphatic carbocycles. The van der Waals surface area contributed by atoms with E-state index in [-0.39, 0.29) is 5.25 Å². The average Bonchev–Trinajstić information content (AvgIpc) is 2.38. The maximum atomic E-state index is 5.36. The van der Waals surface area contributed by atoms with E-state index in [0.717, 1.165) is 11.4 Å². The van der Waals surface area contributed by atoms with Gasteiger partial charge in [-0.05, 0) is 13.0 Å². The Balaban J connectivity index is 2.50. The number of nitrogens with two attached hydrogens (primary N) is 1. The fourth-order valence-corrected chi connectivity index (χ4v) is 1.74. The number of hydrogen-bond acceptors (Lipinski definition) is 4. The first-order chi connectivity index (χ1) is 4.84. The summed E-state index contributed by atoms with van der Waals surface area (Å²) in [5, 5.41) is 3.24. The predicted molar refractivity (Wildman–Crippen MR) is 47.5 cm³/mol. The highest BCUT2D eigenvalue weighted by molar-refractivity contribution is 7.80. The van der Waals surface area contributed by atoms with E-state index >= 15 is 0 Å². The van der Waals surface area contributed by atoms with Crippen molar-refractivity contribution >= 4 is 24.0 Å². The zero-order chi connectivity index (χ0) is 7.40. The summed E-state index contributed by atoms with van der Waals surface area (Å²) >= 11 is 5.96. The van der Waals surface area contributed by atoms with Crippen LogP contribution >= 0.6 is 24.0 Å². The molecule has 0 aromatic carbocycles. The second-order valence-corrected chi connectivity index (χ2v) is 3.51. The fourth-order valence-electron chi connectivity index (χ4n) is 0.680. The van der Waals surface area contributed by atoms with Gasteiger partial charge in [0.2, 0.25) is 0 Å². The molecule has 2 nitrogen and oxygen atoms in total. The Morgan fingerprint density at radius 3 is 3.10 bits per heavy atom. The van der Waals surface area contributed by atoms with Gasteiger partial charge in [-0.3, -0.25) is 0 Å². The van der Waals surface area contributed by atoms with E-state index in [1.54, 1.807) is 17.5 Å². The van der Waals surface area contributed by atoms with Crippen LogP contribution in [0.1, 0.15) is 16.7 Å². The van der Waals surface area contributed by atoms with Gasteiger partial charge in [-0.25, -0.2) is 4.98 Å². The Morgan fingerprint density at radius 1 is 1.80 bits per heavy atom. The van der Waals surface area contributed by atoms with Crippen LogP contribution < -0.4 is 5.73 Å². The van der Waals surface area contributed by atoms with Gasteiger partial charge in [0.05, 0.1) is 5.25 Å². The molecular formula is C6H10N2S2. The normalized spacial score (nSPS) is 13.4. The van der Waals surface area contributed by atoms with Gasteiger partial charge in [-0.2, -0.15) is 12.6 Å². The van der Waals surface area contributed by atoms with E-state index in [9.17, 15) is 0 Å². The van der Waals surface area contributed by atoms with Gasteiger partial charge < -0.3 is 5.73 Å². The maximum Gasteiger partial charge on any atom is 0.105 e. The topological polar surface area (TPSA) is 38.9 Å². The van der Waals surface area contributed by atoms with Crippen molar-refractivity contribution in [1.82, 2.24) is 4.98 Å². The third-order valence-corrected chi connectivity index (χ3v) is 2.74. The number of hydrogen-bond donors (Lipinski definition) is 2. The molecule has 1 unspecified atom stereocenters. The number of aromatic nitrogens is 1. The van der Waals surface area contributed by atoms with Crippen molar-refractivity contribution in [2.45, 2.75) is 11.7 Å². The molecule has 1 heterocycles. The lowest BCUT2D eigenvalue weighted by Crippen LogP contribution is -2.02. The number of thiol groups is 1. The molecule has 56 valence electrons. The first-order valence-corrected chi connectivity index (χ1v) is 4.51. The molecule has 1 aromatic heterocycles. The van der Waals surface area contributed by atoms with Gasteiger partial charge in [-0.1, -0.05) is 0 Å². The molecule has 1 rings (SSSR count). The van der Waals surface area contributed by atoms with E-state index in [1.165, 1.54) is 0 Å². The van der Waals surface area contributed by atoms with E-state index in [0.29, 0.717) is 6.54 Å². The van der Waals surface area contributed by atoms with Crippen LogP contribution in [0, 0.1) is 0 Å². The van der Waals surface area contributed by atoms with Crippen molar-refractivity contribution in [1.29, 1.82) is 0 Å². The van der Waals surface area contributed by atoms with Crippen LogP contribution in [0.25, 0.3) is 0 Å². The lowest BCUT2D eigenvalue weighted by Gasteiger charge is -2.02. The largest absolute Gasteiger partial charge is 0.330 e. The summed E-state index contributed by atoms with van der Waals surface area (Å²) in [4.78, 5) is 4.12. The molecular weight excluding hydrogens is 164 g/mol. The average molecular weight is 174 g/mol. The van der Waals surface area contributed by atoms with Crippen molar-refractivity contribution in [3.63, 3.8) is 0 Å². The molecule has 10 heavy (non-hydrogen) atoms. The Morgan fingerprint density at radius 2 is 2.60 bits per heavy atom. The van der Waals surface area contributed by atoms with Gasteiger partial charge >= 0.3 is 0 Å². The number of thiazole rings is 1. The Hall–Kier alpha value is -0.0600. The van der Waals surface area contributed by atoms with E-state index in [4.69, 9.17) is 5.73 Å². The highest BCUT2D eigenvalue weighted by atomic mass is 32.1. The van der Waals surface area contributed by atoms with Crippen LogP contribution in [0.15, 0.2) is 11.6 Å². The van der Waals surface area contributed by atoms with Crippen molar-refractivity contribution in [3.05, 3.63) is 16.6 Å². The highest BCUT2D eigenvalue weighted by Gasteiger charge is 2.06. The maximum absolute atomic E-state index is 5.36. The monoisotopic (exact) mass is 174 g/mol. The van der Waals surface area contributed by atoms with Gasteiger partial charge in [0, 0.05) is 11.6 Å². The lowest BCUT2D eigenvalue weighted by atomic mass is 10.3. The summed E-state index contributed by atoms with van der Waals surface area (Å²) in [6.45, 7) is 0.674. The van der Waals surface area contributed by atoms with Crippen molar-refractivity contribution in [3.8, 4) is 0 Å². The molecule has 0 radical (unpaired) electrons. The smallest absolute Gasteiger partial charge is 0.105 e. The molecule has 4 heteroatoms. The first kappa shape index (κ1) is 8.04. The van der Waals surface area contributed by atoms with E-state index < -0.39 is 0 Å². The van der Waals surface area contributed by atoms with Crippen LogP contribution in [0.4, 0.5) is 0 Å². The number of nitrogens with zero attached hydrogens (tertiary/aromatic N) is 1. The van der Waals surface area contributed by atoms with Crippen LogP contribution in [0.5, 0.6) is 0 Å². The molecule has 0 saturated heterocycles. The molecule has 2 N–H and O–H groups in total. The standard InChI is InChI=1S/C6H10N2S2/c7-2-1-5(9)6-8-3-4-10-6/h3-5,9H,1-2,7H2. The van der Waals surface area contributed by atoms with Gasteiger partial charge in [0.1, 0.15) is 5.01 Å². The second-order valence-electron chi connectivity index (χ2n) is 1.96. The fraction of sp³-hybridized carbons (Fsp3) is 0.500. The molecule has 0 amide bonds. The quantitative estimate of drug-likeness (QED) is 0.681. The third kappa shape index (κ3) is 1.97. The molecule has 1 atom stereocenters. The minimum absolute atomic E-state index is 0.227. The SMILES string of the molecule is NCCC(S)c1nccs1. The summed E-state index contributed by atoms with van der Waals surface area (Å²) in [5.41, 5.74) is 5.36. The molecule has 0 spiro atoms. The van der Waals surface area contributed by atoms with Crippen LogP contribution in [-0.2, 0) is 0 Å². The highest BCUT2D eigenvalue weighted by Crippen LogP contribution is 2.24. The van der Waals surface area contributed by atoms with Crippen LogP contribution in [-0.4, -0.2) is 11.5 Å². The van der Waals surface area contributed by atoms with Crippen molar-refractivity contribution in [2.24, 2.45) is 5.73 Å². The van der Waals surface area contributed by atoms with Gasteiger partial charge in [0.25, 0.3) is 0 Å². The molecule has 0 aliphatic heterocycles. The zero-order valence-electron chi connectivity index (χ0n) is 5.53. The van der Waals surface area contributed by atoms with Gasteiger partial charge in [0.15, 0.2) is 0 Å². The molecule has 0 fully saturated rings. The van der Waals surface area contributed by atoms with Gasteiger partial charge in [-0.15, -0.1) is 11.3 Å². The van der Waals surface area contributed by atoms with E-state index in [1.807, 2.05) is 5.38 Å². The predicted octanol–water partition coefficient (Wildman–Crippen LogP) is 1.46. The summed E-state index contributed by atoms with van der Waals surface area (Å²) in [6.07, 6.45) is 2.69. The molecule has 0 bridgehead atoms. The Kier molecular flexibility index (Phi) is 3.18. The van der Waals surface area contributed by atoms with Crippen molar-refractivity contribution < 1.29 is 0 Å². The summed E-state index contributed by atoms with van der Waals surface area (Å²) in [7, 11) is 0. The summed E-state index contributed by atoms with van der Waals surface area (Å²) < 4.78 is 0. The summed E-state index contributed by atoms with van der Waals surface area (Å²) in [5.74, 6) is 0. The lowest BCUT2D eigenvalue weighted by molar-refractivity contribution is 0.812. The minimum Gasteiger partial charge on any atom is -0.330 e. The molecule has 0 saturated carbocycles. The zero-order valence-corrected chi connectivity index (χ0v) is 7.24. The Bertz CT molecular complexity index is 174. The third-order valence-electron chi connectivity index (χ3n) is 1.18. The summed E-state index contributed by atoms with van der Waals surface area (Å²) in [6, 6.07) is 0. The van der Waals surface area contributed by atoms with Crippen molar-refractivity contribution in [2.75, 3.05) is 6.54 Å². The van der Waals surface area contributed by atoms with Crippen LogP contribution in [0.2, 0.25) is 0 Å². The minimum atomic E-state index is 0.227. The molecule has 0 aliphatic rings. The number of rotatable bonds is 3. The second kappa shape index (κ2) is 3.95. The first-order valence-electron chi connectivity index (χ1n) is 3.12. The Labute approximate surface area is 69.9 Å². The van der Waals surface area contributed by atoms with Crippen LogP contribution in [0.3, 0.4) is 0 Å². The van der Waals surface area contributed by atoms with E-state index in [2.05, 4.69) is 17.6 Å². The molecule has 1 aromatic rings.